The van der Waals surface area contributed by atoms with Crippen LogP contribution in [-0.4, -0.2) is 36.1 Å². The Labute approximate surface area is 122 Å². The van der Waals surface area contributed by atoms with Crippen LogP contribution in [0.3, 0.4) is 0 Å². The van der Waals surface area contributed by atoms with Crippen LogP contribution < -0.4 is 5.73 Å². The number of benzene rings is 1. The van der Waals surface area contributed by atoms with Gasteiger partial charge in [-0.15, -0.1) is 11.3 Å². The van der Waals surface area contributed by atoms with E-state index in [0.29, 0.717) is 23.7 Å². The third-order valence-corrected chi connectivity index (χ3v) is 4.71. The lowest BCUT2D eigenvalue weighted by Crippen LogP contribution is -2.48. The Hall–Kier alpha value is -1.59. The maximum absolute atomic E-state index is 12.7. The molecule has 1 saturated heterocycles. The van der Waals surface area contributed by atoms with E-state index in [0.717, 1.165) is 10.1 Å². The van der Waals surface area contributed by atoms with Crippen LogP contribution in [0.4, 0.5) is 5.69 Å². The number of nitrogen functional groups attached to an aromatic ring is 1. The largest absolute Gasteiger partial charge is 0.397 e. The van der Waals surface area contributed by atoms with Crippen molar-refractivity contribution in [2.75, 3.05) is 18.8 Å². The standard InChI is InChI=1S/C15H18N2O2S/c1-9-7-17(8-10(2)19-9)15(18)14-13(16)11-5-3-4-6-12(11)20-14/h3-6,9-10H,7-8,16H2,1-2H3. The molecule has 1 aliphatic rings. The maximum atomic E-state index is 12.7. The second kappa shape index (κ2) is 5.07. The normalized spacial score (nSPS) is 23.2. The highest BCUT2D eigenvalue weighted by molar-refractivity contribution is 7.21. The van der Waals surface area contributed by atoms with E-state index in [1.807, 2.05) is 43.0 Å². The number of nitrogens with zero attached hydrogens (tertiary/aromatic N) is 1. The number of rotatable bonds is 1. The highest BCUT2D eigenvalue weighted by atomic mass is 32.1. The van der Waals surface area contributed by atoms with Crippen LogP contribution in [0, 0.1) is 0 Å². The summed E-state index contributed by atoms with van der Waals surface area (Å²) in [6.45, 7) is 5.22. The van der Waals surface area contributed by atoms with Gasteiger partial charge in [0.05, 0.1) is 17.9 Å². The van der Waals surface area contributed by atoms with Crippen molar-refractivity contribution in [1.29, 1.82) is 0 Å². The van der Waals surface area contributed by atoms with Crippen molar-refractivity contribution in [3.8, 4) is 0 Å². The fourth-order valence-corrected chi connectivity index (χ4v) is 3.80. The number of carbonyl (C=O) groups excluding carboxylic acids is 1. The van der Waals surface area contributed by atoms with Crippen LogP contribution in [0.5, 0.6) is 0 Å². The number of morpholine rings is 1. The first-order chi connectivity index (χ1) is 9.56. The van der Waals surface area contributed by atoms with Crippen molar-refractivity contribution in [2.45, 2.75) is 26.1 Å². The average Bonchev–Trinajstić information content (AvgIpc) is 2.75. The first kappa shape index (κ1) is 13.4. The molecule has 4 nitrogen and oxygen atoms in total. The highest BCUT2D eigenvalue weighted by Gasteiger charge is 2.29. The van der Waals surface area contributed by atoms with Crippen LogP contribution >= 0.6 is 11.3 Å². The van der Waals surface area contributed by atoms with Gasteiger partial charge in [0, 0.05) is 23.2 Å². The number of nitrogens with two attached hydrogens (primary N) is 1. The molecule has 3 rings (SSSR count). The third-order valence-electron chi connectivity index (χ3n) is 3.53. The van der Waals surface area contributed by atoms with Gasteiger partial charge in [0.1, 0.15) is 4.88 Å². The van der Waals surface area contributed by atoms with E-state index in [9.17, 15) is 4.79 Å². The second-order valence-electron chi connectivity index (χ2n) is 5.31. The first-order valence-electron chi connectivity index (χ1n) is 6.78. The van der Waals surface area contributed by atoms with E-state index >= 15 is 0 Å². The van der Waals surface area contributed by atoms with Crippen LogP contribution in [0.25, 0.3) is 10.1 Å². The van der Waals surface area contributed by atoms with Gasteiger partial charge in [-0.2, -0.15) is 0 Å². The zero-order chi connectivity index (χ0) is 14.3. The molecule has 0 radical (unpaired) electrons. The van der Waals surface area contributed by atoms with Crippen LogP contribution in [-0.2, 0) is 4.74 Å². The Morgan fingerprint density at radius 3 is 2.60 bits per heavy atom. The molecule has 2 atom stereocenters. The predicted octanol–water partition coefficient (Wildman–Crippen LogP) is 2.73. The number of fused-ring (bicyclic) bond motifs is 1. The van der Waals surface area contributed by atoms with Crippen molar-refractivity contribution in [2.24, 2.45) is 0 Å². The van der Waals surface area contributed by atoms with E-state index in [4.69, 9.17) is 10.5 Å². The third kappa shape index (κ3) is 2.27. The zero-order valence-corrected chi connectivity index (χ0v) is 12.4. The van der Waals surface area contributed by atoms with Gasteiger partial charge in [-0.3, -0.25) is 4.79 Å². The molecular weight excluding hydrogens is 272 g/mol. The summed E-state index contributed by atoms with van der Waals surface area (Å²) >= 11 is 1.47. The second-order valence-corrected chi connectivity index (χ2v) is 6.36. The topological polar surface area (TPSA) is 55.6 Å². The van der Waals surface area contributed by atoms with Crippen molar-refractivity contribution in [1.82, 2.24) is 4.90 Å². The Morgan fingerprint density at radius 2 is 1.95 bits per heavy atom. The minimum absolute atomic E-state index is 0.0192. The molecule has 1 aromatic carbocycles. The average molecular weight is 290 g/mol. The summed E-state index contributed by atoms with van der Waals surface area (Å²) in [5.74, 6) is 0.0192. The Kier molecular flexibility index (Phi) is 3.40. The van der Waals surface area contributed by atoms with Crippen LogP contribution in [0.2, 0.25) is 0 Å². The molecule has 1 aliphatic heterocycles. The van der Waals surface area contributed by atoms with Gasteiger partial charge in [-0.1, -0.05) is 18.2 Å². The highest BCUT2D eigenvalue weighted by Crippen LogP contribution is 2.34. The molecule has 2 heterocycles. The quantitative estimate of drug-likeness (QED) is 0.878. The molecule has 0 bridgehead atoms. The smallest absolute Gasteiger partial charge is 0.266 e. The van der Waals surface area contributed by atoms with Gasteiger partial charge in [0.2, 0.25) is 0 Å². The summed E-state index contributed by atoms with van der Waals surface area (Å²) < 4.78 is 6.73. The summed E-state index contributed by atoms with van der Waals surface area (Å²) in [4.78, 5) is 15.2. The summed E-state index contributed by atoms with van der Waals surface area (Å²) in [7, 11) is 0. The number of hydrogen-bond acceptors (Lipinski definition) is 4. The van der Waals surface area contributed by atoms with Gasteiger partial charge in [0.25, 0.3) is 5.91 Å². The molecule has 0 aliphatic carbocycles. The van der Waals surface area contributed by atoms with Gasteiger partial charge in [-0.05, 0) is 19.9 Å². The molecule has 2 unspecified atom stereocenters. The predicted molar refractivity (Wildman–Crippen MR) is 82.1 cm³/mol. The molecule has 5 heteroatoms. The van der Waals surface area contributed by atoms with Gasteiger partial charge >= 0.3 is 0 Å². The molecular formula is C15H18N2O2S. The molecule has 1 fully saturated rings. The Bertz CT molecular complexity index is 642. The number of amides is 1. The lowest BCUT2D eigenvalue weighted by atomic mass is 10.2. The number of ether oxygens (including phenoxy) is 1. The van der Waals surface area contributed by atoms with Crippen molar-refractivity contribution < 1.29 is 9.53 Å². The molecule has 2 aromatic rings. The van der Waals surface area contributed by atoms with Gasteiger partial charge in [0.15, 0.2) is 0 Å². The molecule has 1 amide bonds. The van der Waals surface area contributed by atoms with Crippen molar-refractivity contribution in [3.05, 3.63) is 29.1 Å². The SMILES string of the molecule is CC1CN(C(=O)c2sc3ccccc3c2N)CC(C)O1. The number of carbonyl (C=O) groups is 1. The number of anilines is 1. The fraction of sp³-hybridized carbons (Fsp3) is 0.400. The zero-order valence-electron chi connectivity index (χ0n) is 11.6. The molecule has 106 valence electrons. The van der Waals surface area contributed by atoms with Crippen LogP contribution in [0.15, 0.2) is 24.3 Å². The summed E-state index contributed by atoms with van der Waals surface area (Å²) in [5.41, 5.74) is 6.75. The molecule has 1 aromatic heterocycles. The minimum Gasteiger partial charge on any atom is -0.397 e. The van der Waals surface area contributed by atoms with E-state index in [2.05, 4.69) is 0 Å². The molecule has 2 N–H and O–H groups in total. The van der Waals surface area contributed by atoms with E-state index in [1.165, 1.54) is 11.3 Å². The van der Waals surface area contributed by atoms with E-state index in [-0.39, 0.29) is 18.1 Å². The lowest BCUT2D eigenvalue weighted by molar-refractivity contribution is -0.0584. The summed E-state index contributed by atoms with van der Waals surface area (Å²) in [6, 6.07) is 7.87. The first-order valence-corrected chi connectivity index (χ1v) is 7.59. The monoisotopic (exact) mass is 290 g/mol. The lowest BCUT2D eigenvalue weighted by Gasteiger charge is -2.35. The molecule has 0 spiro atoms. The van der Waals surface area contributed by atoms with Crippen molar-refractivity contribution >= 4 is 33.0 Å². The van der Waals surface area contributed by atoms with Gasteiger partial charge < -0.3 is 15.4 Å². The number of hydrogen-bond donors (Lipinski definition) is 1. The molecule has 20 heavy (non-hydrogen) atoms. The molecule has 0 saturated carbocycles. The van der Waals surface area contributed by atoms with E-state index < -0.39 is 0 Å². The Balaban J connectivity index is 1.94. The fourth-order valence-electron chi connectivity index (χ4n) is 2.71. The van der Waals surface area contributed by atoms with Crippen molar-refractivity contribution in [3.63, 3.8) is 0 Å². The van der Waals surface area contributed by atoms with E-state index in [1.54, 1.807) is 0 Å². The number of thiophene rings is 1. The maximum Gasteiger partial charge on any atom is 0.266 e. The minimum atomic E-state index is 0.0192. The summed E-state index contributed by atoms with van der Waals surface area (Å²) in [6.07, 6.45) is 0.136. The summed E-state index contributed by atoms with van der Waals surface area (Å²) in [5, 5.41) is 0.968. The van der Waals surface area contributed by atoms with Gasteiger partial charge in [-0.25, -0.2) is 0 Å². The van der Waals surface area contributed by atoms with Crippen LogP contribution in [0.1, 0.15) is 23.5 Å². The Morgan fingerprint density at radius 1 is 1.30 bits per heavy atom.